The first-order chi connectivity index (χ1) is 10.2. The minimum Gasteiger partial charge on any atom is -0.375 e. The molecule has 0 aromatic heterocycles. The van der Waals surface area contributed by atoms with Gasteiger partial charge in [0, 0.05) is 38.1 Å². The fourth-order valence-corrected chi connectivity index (χ4v) is 2.98. The molecule has 1 aromatic carbocycles. The van der Waals surface area contributed by atoms with E-state index < -0.39 is 0 Å². The van der Waals surface area contributed by atoms with Crippen LogP contribution in [0.15, 0.2) is 30.3 Å². The maximum absolute atomic E-state index is 11.7. The van der Waals surface area contributed by atoms with Crippen LogP contribution in [0.1, 0.15) is 6.42 Å². The molecule has 2 amide bonds. The summed E-state index contributed by atoms with van der Waals surface area (Å²) in [5.41, 5.74) is 1.17. The Bertz CT molecular complexity index is 481. The summed E-state index contributed by atoms with van der Waals surface area (Å²) < 4.78 is 0. The molecule has 0 unspecified atom stereocenters. The zero-order chi connectivity index (χ0) is 15.1. The number of benzene rings is 1. The van der Waals surface area contributed by atoms with Crippen LogP contribution in [-0.4, -0.2) is 55.0 Å². The van der Waals surface area contributed by atoms with Crippen LogP contribution >= 0.6 is 11.8 Å². The Kier molecular flexibility index (Phi) is 5.92. The van der Waals surface area contributed by atoms with Crippen molar-refractivity contribution in [2.45, 2.75) is 6.42 Å². The van der Waals surface area contributed by atoms with Gasteiger partial charge in [-0.05, 0) is 18.6 Å². The van der Waals surface area contributed by atoms with Crippen LogP contribution in [-0.2, 0) is 4.79 Å². The molecule has 0 saturated carbocycles. The Balaban J connectivity index is 1.61. The molecule has 5 nitrogen and oxygen atoms in total. The topological polar surface area (TPSA) is 52.7 Å². The number of hydrogen-bond acceptors (Lipinski definition) is 4. The van der Waals surface area contributed by atoms with Gasteiger partial charge in [-0.15, -0.1) is 0 Å². The van der Waals surface area contributed by atoms with Crippen LogP contribution in [0.4, 0.5) is 10.5 Å². The smallest absolute Gasteiger partial charge is 0.282 e. The van der Waals surface area contributed by atoms with E-state index in [0.29, 0.717) is 13.1 Å². The lowest BCUT2D eigenvalue weighted by molar-refractivity contribution is -0.121. The van der Waals surface area contributed by atoms with E-state index in [9.17, 15) is 9.59 Å². The number of thioether (sulfide) groups is 1. The average molecular weight is 307 g/mol. The average Bonchev–Trinajstić information content (AvgIpc) is 2.89. The van der Waals surface area contributed by atoms with Crippen molar-refractivity contribution in [1.82, 2.24) is 10.2 Å². The molecule has 1 fully saturated rings. The highest BCUT2D eigenvalue weighted by Crippen LogP contribution is 2.16. The summed E-state index contributed by atoms with van der Waals surface area (Å²) in [5.74, 6) is 0.710. The number of nitrogens with zero attached hydrogens (tertiary/aromatic N) is 2. The van der Waals surface area contributed by atoms with E-state index in [0.717, 1.165) is 18.7 Å². The predicted molar refractivity (Wildman–Crippen MR) is 86.8 cm³/mol. The van der Waals surface area contributed by atoms with E-state index >= 15 is 0 Å². The lowest BCUT2D eigenvalue weighted by Crippen LogP contribution is -2.38. The van der Waals surface area contributed by atoms with Crippen LogP contribution < -0.4 is 10.2 Å². The normalized spacial score (nSPS) is 14.3. The number of carbonyl (C=O) groups excluding carboxylic acids is 2. The maximum atomic E-state index is 11.7. The number of anilines is 1. The van der Waals surface area contributed by atoms with Gasteiger partial charge in [0.15, 0.2) is 0 Å². The van der Waals surface area contributed by atoms with E-state index in [1.165, 1.54) is 17.4 Å². The van der Waals surface area contributed by atoms with Crippen molar-refractivity contribution in [2.75, 3.05) is 43.9 Å². The fourth-order valence-electron chi connectivity index (χ4n) is 2.15. The predicted octanol–water partition coefficient (Wildman–Crippen LogP) is 1.80. The van der Waals surface area contributed by atoms with Crippen LogP contribution in [0.2, 0.25) is 0 Å². The summed E-state index contributed by atoms with van der Waals surface area (Å²) in [6.45, 7) is 2.36. The van der Waals surface area contributed by atoms with Crippen LogP contribution in [0.3, 0.4) is 0 Å². The summed E-state index contributed by atoms with van der Waals surface area (Å²) >= 11 is 1.28. The van der Waals surface area contributed by atoms with Crippen molar-refractivity contribution in [3.63, 3.8) is 0 Å². The largest absolute Gasteiger partial charge is 0.375 e. The molecule has 2 rings (SSSR count). The van der Waals surface area contributed by atoms with Crippen molar-refractivity contribution in [2.24, 2.45) is 0 Å². The van der Waals surface area contributed by atoms with Crippen molar-refractivity contribution in [1.29, 1.82) is 0 Å². The first-order valence-electron chi connectivity index (χ1n) is 7.11. The first kappa shape index (κ1) is 15.7. The number of para-hydroxylation sites is 1. The molecule has 1 heterocycles. The molecular weight excluding hydrogens is 286 g/mol. The standard InChI is InChI=1S/C15H21N3O2S/c1-17(13-6-3-2-4-7-13)9-5-8-16-14(19)12-18-10-11-21-15(18)20/h2-4,6-7H,5,8-12H2,1H3,(H,16,19). The number of amides is 2. The zero-order valence-corrected chi connectivity index (χ0v) is 13.1. The molecule has 6 heteroatoms. The third kappa shape index (κ3) is 4.97. The number of nitrogens with one attached hydrogen (secondary N) is 1. The van der Waals surface area contributed by atoms with Gasteiger partial charge in [-0.2, -0.15) is 0 Å². The van der Waals surface area contributed by atoms with Gasteiger partial charge in [0.2, 0.25) is 5.91 Å². The Labute approximate surface area is 129 Å². The van der Waals surface area contributed by atoms with Gasteiger partial charge in [0.05, 0.1) is 0 Å². The highest BCUT2D eigenvalue weighted by atomic mass is 32.2. The van der Waals surface area contributed by atoms with Crippen molar-refractivity contribution in [3.8, 4) is 0 Å². The van der Waals surface area contributed by atoms with E-state index in [2.05, 4.69) is 22.3 Å². The van der Waals surface area contributed by atoms with E-state index in [4.69, 9.17) is 0 Å². The second kappa shape index (κ2) is 7.93. The van der Waals surface area contributed by atoms with E-state index in [1.54, 1.807) is 4.90 Å². The Morgan fingerprint density at radius 3 is 2.81 bits per heavy atom. The molecule has 0 aliphatic carbocycles. The number of carbonyl (C=O) groups is 2. The molecule has 0 radical (unpaired) electrons. The molecule has 0 atom stereocenters. The summed E-state index contributed by atoms with van der Waals surface area (Å²) in [4.78, 5) is 26.9. The molecular formula is C15H21N3O2S. The van der Waals surface area contributed by atoms with Crippen LogP contribution in [0.25, 0.3) is 0 Å². The van der Waals surface area contributed by atoms with Gasteiger partial charge in [-0.25, -0.2) is 0 Å². The lowest BCUT2D eigenvalue weighted by atomic mass is 10.3. The number of hydrogen-bond donors (Lipinski definition) is 1. The highest BCUT2D eigenvalue weighted by molar-refractivity contribution is 8.13. The Morgan fingerprint density at radius 1 is 1.38 bits per heavy atom. The second-order valence-electron chi connectivity index (χ2n) is 5.00. The summed E-state index contributed by atoms with van der Waals surface area (Å²) in [6, 6.07) is 10.2. The second-order valence-corrected chi connectivity index (χ2v) is 6.04. The maximum Gasteiger partial charge on any atom is 0.282 e. The first-order valence-corrected chi connectivity index (χ1v) is 8.10. The molecule has 1 aromatic rings. The quantitative estimate of drug-likeness (QED) is 0.781. The molecule has 1 aliphatic heterocycles. The Morgan fingerprint density at radius 2 is 2.14 bits per heavy atom. The monoisotopic (exact) mass is 307 g/mol. The summed E-state index contributed by atoms with van der Waals surface area (Å²) in [5, 5.41) is 2.88. The summed E-state index contributed by atoms with van der Waals surface area (Å²) in [7, 11) is 2.04. The van der Waals surface area contributed by atoms with Crippen LogP contribution in [0, 0.1) is 0 Å². The van der Waals surface area contributed by atoms with Crippen molar-refractivity contribution in [3.05, 3.63) is 30.3 Å². The van der Waals surface area contributed by atoms with E-state index in [-0.39, 0.29) is 17.7 Å². The Hall–Kier alpha value is -1.69. The molecule has 1 saturated heterocycles. The molecule has 114 valence electrons. The van der Waals surface area contributed by atoms with Crippen molar-refractivity contribution >= 4 is 28.6 Å². The van der Waals surface area contributed by atoms with E-state index in [1.807, 2.05) is 25.2 Å². The molecule has 21 heavy (non-hydrogen) atoms. The third-order valence-corrected chi connectivity index (χ3v) is 4.26. The minimum atomic E-state index is -0.0757. The van der Waals surface area contributed by atoms with Gasteiger partial charge in [-0.1, -0.05) is 30.0 Å². The van der Waals surface area contributed by atoms with Crippen molar-refractivity contribution < 1.29 is 9.59 Å². The SMILES string of the molecule is CN(CCCNC(=O)CN1CCSC1=O)c1ccccc1. The summed E-state index contributed by atoms with van der Waals surface area (Å²) in [6.07, 6.45) is 0.875. The zero-order valence-electron chi connectivity index (χ0n) is 12.2. The third-order valence-electron chi connectivity index (χ3n) is 3.37. The van der Waals surface area contributed by atoms with Gasteiger partial charge in [0.1, 0.15) is 6.54 Å². The molecule has 0 spiro atoms. The van der Waals surface area contributed by atoms with Gasteiger partial charge < -0.3 is 15.1 Å². The van der Waals surface area contributed by atoms with Gasteiger partial charge in [-0.3, -0.25) is 9.59 Å². The minimum absolute atomic E-state index is 0.00830. The molecule has 0 bridgehead atoms. The molecule has 1 N–H and O–H groups in total. The highest BCUT2D eigenvalue weighted by Gasteiger charge is 2.22. The molecule has 1 aliphatic rings. The number of rotatable bonds is 7. The lowest BCUT2D eigenvalue weighted by Gasteiger charge is -2.19. The van der Waals surface area contributed by atoms with Gasteiger partial charge in [0.25, 0.3) is 5.24 Å². The van der Waals surface area contributed by atoms with Gasteiger partial charge >= 0.3 is 0 Å². The van der Waals surface area contributed by atoms with Crippen LogP contribution in [0.5, 0.6) is 0 Å². The fraction of sp³-hybridized carbons (Fsp3) is 0.467.